The monoisotopic (exact) mass is 297 g/mol. The lowest BCUT2D eigenvalue weighted by Crippen LogP contribution is -1.91. The van der Waals surface area contributed by atoms with Gasteiger partial charge in [-0.25, -0.2) is 4.98 Å². The van der Waals surface area contributed by atoms with Crippen molar-refractivity contribution in [2.45, 2.75) is 6.54 Å². The molecule has 0 atom stereocenters. The van der Waals surface area contributed by atoms with Crippen LogP contribution < -0.4 is 0 Å². The van der Waals surface area contributed by atoms with Crippen LogP contribution in [0.25, 0.3) is 21.8 Å². The molecule has 0 aliphatic carbocycles. The van der Waals surface area contributed by atoms with E-state index in [4.69, 9.17) is 0 Å². The van der Waals surface area contributed by atoms with E-state index in [2.05, 4.69) is 39.2 Å². The zero-order valence-corrected chi connectivity index (χ0v) is 12.6. The van der Waals surface area contributed by atoms with Gasteiger partial charge in [0, 0.05) is 17.0 Å². The van der Waals surface area contributed by atoms with E-state index in [-0.39, 0.29) is 0 Å². The molecule has 0 N–H and O–H groups in total. The van der Waals surface area contributed by atoms with Crippen LogP contribution in [0.2, 0.25) is 0 Å². The highest BCUT2D eigenvalue weighted by Gasteiger charge is 1.98. The number of hydrogen-bond donors (Lipinski definition) is 0. The number of hydrogen-bond acceptors (Lipinski definition) is 3. The second-order valence-electron chi connectivity index (χ2n) is 5.39. The van der Waals surface area contributed by atoms with Gasteiger partial charge in [0.1, 0.15) is 0 Å². The Balaban J connectivity index is 1.55. The molecular weight excluding hydrogens is 282 g/mol. The van der Waals surface area contributed by atoms with E-state index < -0.39 is 0 Å². The fourth-order valence-corrected chi connectivity index (χ4v) is 2.58. The first-order valence-corrected chi connectivity index (χ1v) is 7.59. The highest BCUT2D eigenvalue weighted by molar-refractivity contribution is 5.85. The van der Waals surface area contributed by atoms with E-state index in [1.807, 2.05) is 54.7 Å². The molecule has 0 radical (unpaired) electrons. The normalized spacial score (nSPS) is 11.5. The summed E-state index contributed by atoms with van der Waals surface area (Å²) in [6.07, 6.45) is 1.81. The minimum atomic E-state index is 0.555. The Bertz CT molecular complexity index is 1010. The Morgan fingerprint density at radius 3 is 2.13 bits per heavy atom. The van der Waals surface area contributed by atoms with Gasteiger partial charge in [0.2, 0.25) is 0 Å². The Kier molecular flexibility index (Phi) is 3.53. The van der Waals surface area contributed by atoms with Crippen molar-refractivity contribution in [3.63, 3.8) is 0 Å². The number of fused-ring (bicyclic) bond motifs is 2. The summed E-state index contributed by atoms with van der Waals surface area (Å²) in [6, 6.07) is 24.3. The molecule has 0 amide bonds. The summed E-state index contributed by atoms with van der Waals surface area (Å²) >= 11 is 0. The summed E-state index contributed by atoms with van der Waals surface area (Å²) < 4.78 is 0. The number of aromatic nitrogens is 2. The van der Waals surface area contributed by atoms with E-state index in [9.17, 15) is 0 Å². The molecule has 0 saturated heterocycles. The topological polar surface area (TPSA) is 38.1 Å². The fraction of sp³-hybridized carbons (Fsp3) is 0.0500. The van der Waals surface area contributed by atoms with Gasteiger partial charge in [-0.2, -0.15) is 0 Å². The molecule has 3 nitrogen and oxygen atoms in total. The second kappa shape index (κ2) is 5.97. The van der Waals surface area contributed by atoms with Crippen LogP contribution in [0.15, 0.2) is 77.8 Å². The zero-order valence-electron chi connectivity index (χ0n) is 12.6. The van der Waals surface area contributed by atoms with Crippen molar-refractivity contribution in [1.82, 2.24) is 9.97 Å². The third-order valence-corrected chi connectivity index (χ3v) is 3.75. The zero-order chi connectivity index (χ0) is 15.5. The Labute approximate surface area is 134 Å². The van der Waals surface area contributed by atoms with E-state index in [0.717, 1.165) is 33.2 Å². The lowest BCUT2D eigenvalue weighted by atomic mass is 10.2. The molecule has 0 fully saturated rings. The maximum Gasteiger partial charge on any atom is 0.0815 e. The highest BCUT2D eigenvalue weighted by Crippen LogP contribution is 2.13. The third-order valence-electron chi connectivity index (χ3n) is 3.75. The molecule has 110 valence electrons. The largest absolute Gasteiger partial charge is 0.285 e. The Morgan fingerprint density at radius 1 is 0.696 bits per heavy atom. The molecule has 0 aliphatic rings. The average Bonchev–Trinajstić information content (AvgIpc) is 2.61. The van der Waals surface area contributed by atoms with E-state index in [0.29, 0.717) is 6.54 Å². The smallest absolute Gasteiger partial charge is 0.0815 e. The van der Waals surface area contributed by atoms with Crippen molar-refractivity contribution in [3.8, 4) is 0 Å². The second-order valence-corrected chi connectivity index (χ2v) is 5.39. The first kappa shape index (κ1) is 13.6. The van der Waals surface area contributed by atoms with E-state index >= 15 is 0 Å². The van der Waals surface area contributed by atoms with Crippen LogP contribution in [0, 0.1) is 0 Å². The van der Waals surface area contributed by atoms with Crippen LogP contribution >= 0.6 is 0 Å². The van der Waals surface area contributed by atoms with Gasteiger partial charge in [-0.15, -0.1) is 0 Å². The molecule has 0 bridgehead atoms. The van der Waals surface area contributed by atoms with Gasteiger partial charge in [-0.3, -0.25) is 9.98 Å². The Morgan fingerprint density at radius 2 is 1.35 bits per heavy atom. The summed E-state index contributed by atoms with van der Waals surface area (Å²) in [5, 5.41) is 2.29. The van der Waals surface area contributed by atoms with Gasteiger partial charge in [0.25, 0.3) is 0 Å². The number of nitrogens with zero attached hydrogens (tertiary/aromatic N) is 3. The van der Waals surface area contributed by atoms with Crippen LogP contribution in [-0.4, -0.2) is 16.2 Å². The molecule has 0 unspecified atom stereocenters. The lowest BCUT2D eigenvalue weighted by Gasteiger charge is -2.00. The van der Waals surface area contributed by atoms with Crippen molar-refractivity contribution >= 4 is 28.0 Å². The molecule has 3 heteroatoms. The van der Waals surface area contributed by atoms with Gasteiger partial charge in [0.05, 0.1) is 29.0 Å². The van der Waals surface area contributed by atoms with E-state index in [1.165, 1.54) is 0 Å². The van der Waals surface area contributed by atoms with Crippen LogP contribution in [0.3, 0.4) is 0 Å². The number of pyridine rings is 2. The fourth-order valence-electron chi connectivity index (χ4n) is 2.58. The average molecular weight is 297 g/mol. The molecular formula is C20H15N3. The molecule has 2 heterocycles. The molecule has 4 aromatic rings. The van der Waals surface area contributed by atoms with Crippen LogP contribution in [0.4, 0.5) is 0 Å². The number of rotatable bonds is 3. The molecule has 0 spiro atoms. The maximum atomic E-state index is 4.62. The van der Waals surface area contributed by atoms with Crippen molar-refractivity contribution in [2.75, 3.05) is 0 Å². The van der Waals surface area contributed by atoms with Gasteiger partial charge < -0.3 is 0 Å². The summed E-state index contributed by atoms with van der Waals surface area (Å²) in [4.78, 5) is 13.7. The molecule has 2 aromatic carbocycles. The number of para-hydroxylation sites is 2. The standard InChI is InChI=1S/C20H15N3/c1-3-7-19-15(5-1)9-11-17(22-19)13-21-14-18-12-10-16-6-2-4-8-20(16)23-18/h1-13H,14H2. The van der Waals surface area contributed by atoms with Crippen molar-refractivity contribution in [1.29, 1.82) is 0 Å². The van der Waals surface area contributed by atoms with Gasteiger partial charge >= 0.3 is 0 Å². The summed E-state index contributed by atoms with van der Waals surface area (Å²) in [5.41, 5.74) is 3.81. The predicted octanol–water partition coefficient (Wildman–Crippen LogP) is 4.40. The predicted molar refractivity (Wildman–Crippen MR) is 94.8 cm³/mol. The van der Waals surface area contributed by atoms with Gasteiger partial charge in [-0.05, 0) is 24.3 Å². The number of benzene rings is 2. The van der Waals surface area contributed by atoms with Crippen LogP contribution in [0.1, 0.15) is 11.4 Å². The van der Waals surface area contributed by atoms with Crippen molar-refractivity contribution < 1.29 is 0 Å². The maximum absolute atomic E-state index is 4.62. The van der Waals surface area contributed by atoms with Crippen LogP contribution in [0.5, 0.6) is 0 Å². The molecule has 0 aliphatic heterocycles. The molecule has 2 aromatic heterocycles. The summed E-state index contributed by atoms with van der Waals surface area (Å²) in [6.45, 7) is 0.555. The van der Waals surface area contributed by atoms with Gasteiger partial charge in [-0.1, -0.05) is 48.5 Å². The molecule has 4 rings (SSSR count). The van der Waals surface area contributed by atoms with E-state index in [1.54, 1.807) is 0 Å². The summed E-state index contributed by atoms with van der Waals surface area (Å²) in [7, 11) is 0. The molecule has 0 saturated carbocycles. The highest BCUT2D eigenvalue weighted by atomic mass is 14.8. The van der Waals surface area contributed by atoms with Gasteiger partial charge in [0.15, 0.2) is 0 Å². The Hall–Kier alpha value is -3.07. The number of aliphatic imine (C=N–C) groups is 1. The quantitative estimate of drug-likeness (QED) is 0.526. The minimum absolute atomic E-state index is 0.555. The first-order valence-electron chi connectivity index (χ1n) is 7.59. The third kappa shape index (κ3) is 2.94. The van der Waals surface area contributed by atoms with Crippen molar-refractivity contribution in [2.24, 2.45) is 4.99 Å². The summed E-state index contributed by atoms with van der Waals surface area (Å²) in [5.74, 6) is 0. The molecule has 23 heavy (non-hydrogen) atoms. The first-order chi connectivity index (χ1) is 11.4. The SMILES string of the molecule is C(=NCc1ccc2ccccc2n1)c1ccc2ccccc2n1. The van der Waals surface area contributed by atoms with Crippen molar-refractivity contribution in [3.05, 3.63) is 84.2 Å². The van der Waals surface area contributed by atoms with Crippen LogP contribution in [-0.2, 0) is 6.54 Å². The lowest BCUT2D eigenvalue weighted by molar-refractivity contribution is 1.01. The minimum Gasteiger partial charge on any atom is -0.285 e.